The molecule has 5 heteroatoms. The smallest absolute Gasteiger partial charge is 0.259 e. The Bertz CT molecular complexity index is 597. The predicted octanol–water partition coefficient (Wildman–Crippen LogP) is 1.93. The molecule has 0 saturated carbocycles. The van der Waals surface area contributed by atoms with Crippen LogP contribution in [-0.4, -0.2) is 16.1 Å². The van der Waals surface area contributed by atoms with Crippen LogP contribution >= 0.6 is 0 Å². The summed E-state index contributed by atoms with van der Waals surface area (Å²) < 4.78 is 0. The molecule has 0 aliphatic rings. The van der Waals surface area contributed by atoms with Crippen molar-refractivity contribution in [3.05, 3.63) is 48.0 Å². The summed E-state index contributed by atoms with van der Waals surface area (Å²) in [7, 11) is 0. The first-order chi connectivity index (χ1) is 8.58. The molecule has 0 radical (unpaired) electrons. The number of aromatic hydroxyl groups is 2. The van der Waals surface area contributed by atoms with Gasteiger partial charge in [-0.1, -0.05) is 12.1 Å². The fourth-order valence-electron chi connectivity index (χ4n) is 1.53. The minimum Gasteiger partial charge on any atom is -0.508 e. The van der Waals surface area contributed by atoms with Gasteiger partial charge in [-0.15, -0.1) is 0 Å². The number of carbonyl (C=O) groups is 1. The predicted molar refractivity (Wildman–Crippen MR) is 68.6 cm³/mol. The lowest BCUT2D eigenvalue weighted by Gasteiger charge is -2.08. The van der Waals surface area contributed by atoms with Crippen LogP contribution in [0.5, 0.6) is 11.5 Å². The van der Waals surface area contributed by atoms with Crippen molar-refractivity contribution in [1.82, 2.24) is 0 Å². The fourth-order valence-corrected chi connectivity index (χ4v) is 1.53. The van der Waals surface area contributed by atoms with Crippen molar-refractivity contribution in [1.29, 1.82) is 0 Å². The lowest BCUT2D eigenvalue weighted by molar-refractivity contribution is 0.102. The van der Waals surface area contributed by atoms with E-state index in [0.717, 1.165) is 0 Å². The maximum Gasteiger partial charge on any atom is 0.259 e. The molecule has 0 heterocycles. The Morgan fingerprint density at radius 2 is 1.83 bits per heavy atom. The zero-order valence-corrected chi connectivity index (χ0v) is 9.42. The Balaban J connectivity index is 2.25. The van der Waals surface area contributed by atoms with Crippen LogP contribution in [0.1, 0.15) is 10.4 Å². The standard InChI is InChI=1S/C13H12N2O3/c14-11-6-2-5-10(12(11)17)13(18)15-8-3-1-4-9(16)7-8/h1-7,16-17H,14H2,(H,15,18). The molecule has 0 atom stereocenters. The van der Waals surface area contributed by atoms with E-state index in [1.165, 1.54) is 24.3 Å². The van der Waals surface area contributed by atoms with Gasteiger partial charge in [-0.2, -0.15) is 0 Å². The second kappa shape index (κ2) is 4.67. The molecule has 2 rings (SSSR count). The zero-order chi connectivity index (χ0) is 13.1. The number of nitrogens with two attached hydrogens (primary N) is 1. The minimum atomic E-state index is -0.495. The summed E-state index contributed by atoms with van der Waals surface area (Å²) in [5.41, 5.74) is 6.16. The molecule has 2 aromatic rings. The number of phenols is 2. The molecular weight excluding hydrogens is 232 g/mol. The van der Waals surface area contributed by atoms with Gasteiger partial charge in [-0.05, 0) is 24.3 Å². The number of nitrogen functional groups attached to an aromatic ring is 1. The number of rotatable bonds is 2. The van der Waals surface area contributed by atoms with Crippen molar-refractivity contribution in [3.63, 3.8) is 0 Å². The van der Waals surface area contributed by atoms with Crippen molar-refractivity contribution >= 4 is 17.3 Å². The highest BCUT2D eigenvalue weighted by atomic mass is 16.3. The fraction of sp³-hybridized carbons (Fsp3) is 0. The Morgan fingerprint density at radius 3 is 2.56 bits per heavy atom. The molecular formula is C13H12N2O3. The number of anilines is 2. The van der Waals surface area contributed by atoms with Crippen molar-refractivity contribution in [2.45, 2.75) is 0 Å². The number of para-hydroxylation sites is 1. The number of nitrogens with one attached hydrogen (secondary N) is 1. The van der Waals surface area contributed by atoms with E-state index in [9.17, 15) is 15.0 Å². The van der Waals surface area contributed by atoms with E-state index in [4.69, 9.17) is 5.73 Å². The summed E-state index contributed by atoms with van der Waals surface area (Å²) >= 11 is 0. The lowest BCUT2D eigenvalue weighted by atomic mass is 10.1. The quantitative estimate of drug-likeness (QED) is 0.479. The van der Waals surface area contributed by atoms with Gasteiger partial charge in [0.2, 0.25) is 0 Å². The van der Waals surface area contributed by atoms with Crippen LogP contribution in [-0.2, 0) is 0 Å². The van der Waals surface area contributed by atoms with Crippen LogP contribution in [0.25, 0.3) is 0 Å². The number of carbonyl (C=O) groups excluding carboxylic acids is 1. The van der Waals surface area contributed by atoms with Gasteiger partial charge in [-0.25, -0.2) is 0 Å². The highest BCUT2D eigenvalue weighted by Crippen LogP contribution is 2.25. The number of hydrogen-bond donors (Lipinski definition) is 4. The lowest BCUT2D eigenvalue weighted by Crippen LogP contribution is -2.12. The van der Waals surface area contributed by atoms with Gasteiger partial charge >= 0.3 is 0 Å². The molecule has 0 aliphatic carbocycles. The van der Waals surface area contributed by atoms with E-state index in [1.54, 1.807) is 18.2 Å². The monoisotopic (exact) mass is 244 g/mol. The van der Waals surface area contributed by atoms with Crippen LogP contribution in [0.3, 0.4) is 0 Å². The van der Waals surface area contributed by atoms with Gasteiger partial charge in [-0.3, -0.25) is 4.79 Å². The second-order valence-electron chi connectivity index (χ2n) is 3.75. The van der Waals surface area contributed by atoms with Gasteiger partial charge in [0.1, 0.15) is 5.75 Å². The molecule has 18 heavy (non-hydrogen) atoms. The Kier molecular flexibility index (Phi) is 3.05. The summed E-state index contributed by atoms with van der Waals surface area (Å²) in [5, 5.41) is 21.5. The molecule has 0 fully saturated rings. The second-order valence-corrected chi connectivity index (χ2v) is 3.75. The van der Waals surface area contributed by atoms with Crippen molar-refractivity contribution in [2.75, 3.05) is 11.1 Å². The van der Waals surface area contributed by atoms with Gasteiger partial charge in [0.15, 0.2) is 5.75 Å². The number of amides is 1. The summed E-state index contributed by atoms with van der Waals surface area (Å²) in [6.07, 6.45) is 0. The van der Waals surface area contributed by atoms with E-state index in [2.05, 4.69) is 5.32 Å². The first kappa shape index (κ1) is 11.8. The molecule has 0 bridgehead atoms. The first-order valence-corrected chi connectivity index (χ1v) is 5.26. The highest BCUT2D eigenvalue weighted by molar-refractivity contribution is 6.07. The normalized spacial score (nSPS) is 10.0. The molecule has 5 N–H and O–H groups in total. The molecule has 2 aromatic carbocycles. The van der Waals surface area contributed by atoms with E-state index in [0.29, 0.717) is 5.69 Å². The molecule has 0 aromatic heterocycles. The maximum absolute atomic E-state index is 11.9. The molecule has 0 aliphatic heterocycles. The van der Waals surface area contributed by atoms with Crippen LogP contribution in [0, 0.1) is 0 Å². The van der Waals surface area contributed by atoms with Crippen molar-refractivity contribution in [2.24, 2.45) is 0 Å². The van der Waals surface area contributed by atoms with Crippen LogP contribution in [0.15, 0.2) is 42.5 Å². The molecule has 1 amide bonds. The van der Waals surface area contributed by atoms with Crippen LogP contribution < -0.4 is 11.1 Å². The minimum absolute atomic E-state index is 0.0459. The van der Waals surface area contributed by atoms with E-state index >= 15 is 0 Å². The zero-order valence-electron chi connectivity index (χ0n) is 9.42. The third-order valence-corrected chi connectivity index (χ3v) is 2.42. The average Bonchev–Trinajstić information content (AvgIpc) is 2.32. The molecule has 0 saturated heterocycles. The van der Waals surface area contributed by atoms with Gasteiger partial charge in [0.05, 0.1) is 11.3 Å². The number of phenolic OH excluding ortho intramolecular Hbond substituents is 2. The van der Waals surface area contributed by atoms with Gasteiger partial charge < -0.3 is 21.3 Å². The Morgan fingerprint density at radius 1 is 1.11 bits per heavy atom. The summed E-state index contributed by atoms with van der Waals surface area (Å²) in [4.78, 5) is 11.9. The first-order valence-electron chi connectivity index (χ1n) is 5.26. The van der Waals surface area contributed by atoms with Crippen molar-refractivity contribution in [3.8, 4) is 11.5 Å². The molecule has 5 nitrogen and oxygen atoms in total. The van der Waals surface area contributed by atoms with E-state index < -0.39 is 5.91 Å². The largest absolute Gasteiger partial charge is 0.508 e. The summed E-state index contributed by atoms with van der Waals surface area (Å²) in [6.45, 7) is 0. The van der Waals surface area contributed by atoms with Crippen LogP contribution in [0.2, 0.25) is 0 Å². The molecule has 0 spiro atoms. The third kappa shape index (κ3) is 2.35. The topological polar surface area (TPSA) is 95.6 Å². The van der Waals surface area contributed by atoms with Crippen molar-refractivity contribution < 1.29 is 15.0 Å². The SMILES string of the molecule is Nc1cccc(C(=O)Nc2cccc(O)c2)c1O. The summed E-state index contributed by atoms with van der Waals surface area (Å²) in [6, 6.07) is 10.7. The molecule has 0 unspecified atom stereocenters. The third-order valence-electron chi connectivity index (χ3n) is 2.42. The van der Waals surface area contributed by atoms with E-state index in [-0.39, 0.29) is 22.7 Å². The van der Waals surface area contributed by atoms with Crippen LogP contribution in [0.4, 0.5) is 11.4 Å². The van der Waals surface area contributed by atoms with Gasteiger partial charge in [0, 0.05) is 11.8 Å². The van der Waals surface area contributed by atoms with E-state index in [1.807, 2.05) is 0 Å². The van der Waals surface area contributed by atoms with Gasteiger partial charge in [0.25, 0.3) is 5.91 Å². The highest BCUT2D eigenvalue weighted by Gasteiger charge is 2.13. The maximum atomic E-state index is 11.9. The Labute approximate surface area is 103 Å². The average molecular weight is 244 g/mol. The Hall–Kier alpha value is -2.69. The molecule has 92 valence electrons. The summed E-state index contributed by atoms with van der Waals surface area (Å²) in [5.74, 6) is -0.704. The number of hydrogen-bond acceptors (Lipinski definition) is 4. The number of benzene rings is 2.